The molecule has 0 amide bonds. The maximum absolute atomic E-state index is 12.5. The van der Waals surface area contributed by atoms with E-state index in [2.05, 4.69) is 0 Å². The Kier molecular flexibility index (Phi) is 2.18. The summed E-state index contributed by atoms with van der Waals surface area (Å²) in [6.07, 6.45) is 0. The zero-order valence-electron chi connectivity index (χ0n) is 9.16. The number of hydrogen-bond acceptors (Lipinski definition) is 4. The number of benzene rings is 2. The van der Waals surface area contributed by atoms with Crippen LogP contribution in [0.25, 0.3) is 0 Å². The molecule has 1 aliphatic rings. The van der Waals surface area contributed by atoms with Gasteiger partial charge in [-0.2, -0.15) is 0 Å². The molecule has 0 bridgehead atoms. The topological polar surface area (TPSA) is 75.1 Å². The Balaban J connectivity index is 2.58. The molecule has 1 heterocycles. The van der Waals surface area contributed by atoms with Gasteiger partial charge in [-0.15, -0.1) is 0 Å². The van der Waals surface area contributed by atoms with Crippen molar-refractivity contribution in [1.29, 1.82) is 4.78 Å². The summed E-state index contributed by atoms with van der Waals surface area (Å²) in [5.74, 6) is 0. The molecular weight excluding hydrogens is 270 g/mol. The lowest BCUT2D eigenvalue weighted by Crippen LogP contribution is -2.18. The molecule has 3 rings (SSSR count). The van der Waals surface area contributed by atoms with Gasteiger partial charge in [-0.05, 0) is 24.3 Å². The second-order valence-corrected chi connectivity index (χ2v) is 7.83. The Morgan fingerprint density at radius 2 is 1.00 bits per heavy atom. The van der Waals surface area contributed by atoms with Crippen LogP contribution in [0, 0.1) is 4.78 Å². The molecule has 2 aromatic carbocycles. The van der Waals surface area contributed by atoms with Gasteiger partial charge in [-0.25, -0.2) is 17.4 Å². The van der Waals surface area contributed by atoms with Crippen molar-refractivity contribution in [3.05, 3.63) is 48.5 Å². The predicted octanol–water partition coefficient (Wildman–Crippen LogP) is 2.30. The Labute approximate surface area is 105 Å². The van der Waals surface area contributed by atoms with Crippen molar-refractivity contribution in [1.82, 2.24) is 0 Å². The van der Waals surface area contributed by atoms with E-state index in [0.29, 0.717) is 0 Å². The lowest BCUT2D eigenvalue weighted by Gasteiger charge is -2.21. The first-order valence-corrected chi connectivity index (χ1v) is 8.22. The third-order valence-corrected chi connectivity index (χ3v) is 6.98. The van der Waals surface area contributed by atoms with Crippen molar-refractivity contribution < 1.29 is 12.6 Å². The van der Waals surface area contributed by atoms with Crippen LogP contribution in [0.2, 0.25) is 0 Å². The monoisotopic (exact) mass is 279 g/mol. The van der Waals surface area contributed by atoms with E-state index < -0.39 is 19.6 Å². The van der Waals surface area contributed by atoms with E-state index in [9.17, 15) is 12.6 Å². The first kappa shape index (κ1) is 11.4. The largest absolute Gasteiger partial charge is 0.245 e. The highest BCUT2D eigenvalue weighted by atomic mass is 32.2. The average Bonchev–Trinajstić information content (AvgIpc) is 2.37. The Hall–Kier alpha value is -1.66. The fourth-order valence-corrected chi connectivity index (χ4v) is 6.32. The fraction of sp³-hybridized carbons (Fsp3) is 0. The lowest BCUT2D eigenvalue weighted by molar-refractivity contribution is 0.587. The summed E-state index contributed by atoms with van der Waals surface area (Å²) in [6.45, 7) is 0. The first-order chi connectivity index (χ1) is 8.45. The molecule has 4 nitrogen and oxygen atoms in total. The molecular formula is C12H9NO3S2. The highest BCUT2D eigenvalue weighted by Crippen LogP contribution is 2.39. The molecule has 0 atom stereocenters. The van der Waals surface area contributed by atoms with Gasteiger partial charge in [0.2, 0.25) is 9.84 Å². The van der Waals surface area contributed by atoms with Gasteiger partial charge < -0.3 is 0 Å². The van der Waals surface area contributed by atoms with Crippen LogP contribution in [0.4, 0.5) is 0 Å². The highest BCUT2D eigenvalue weighted by Gasteiger charge is 2.36. The summed E-state index contributed by atoms with van der Waals surface area (Å²) in [5, 5.41) is 0. The second kappa shape index (κ2) is 3.43. The summed E-state index contributed by atoms with van der Waals surface area (Å²) in [6, 6.07) is 12.0. The van der Waals surface area contributed by atoms with Crippen LogP contribution in [0.15, 0.2) is 68.1 Å². The van der Waals surface area contributed by atoms with Crippen LogP contribution in [-0.2, 0) is 19.6 Å². The average molecular weight is 279 g/mol. The van der Waals surface area contributed by atoms with E-state index in [-0.39, 0.29) is 19.6 Å². The number of nitrogens with one attached hydrogen (secondary N) is 1. The molecule has 6 heteroatoms. The van der Waals surface area contributed by atoms with Crippen LogP contribution in [-0.4, -0.2) is 12.6 Å². The number of rotatable bonds is 0. The molecule has 0 aliphatic carbocycles. The third kappa shape index (κ3) is 1.30. The molecule has 1 N–H and O–H groups in total. The molecule has 0 fully saturated rings. The van der Waals surface area contributed by atoms with Gasteiger partial charge >= 0.3 is 0 Å². The van der Waals surface area contributed by atoms with Crippen LogP contribution >= 0.6 is 0 Å². The van der Waals surface area contributed by atoms with Crippen LogP contribution in [0.1, 0.15) is 0 Å². The summed E-state index contributed by atoms with van der Waals surface area (Å²) >= 11 is 0. The van der Waals surface area contributed by atoms with Crippen molar-refractivity contribution in [3.8, 4) is 0 Å². The second-order valence-electron chi connectivity index (χ2n) is 3.95. The Bertz CT molecular complexity index is 721. The van der Waals surface area contributed by atoms with E-state index in [1.165, 1.54) is 24.3 Å². The molecule has 0 aromatic heterocycles. The van der Waals surface area contributed by atoms with Gasteiger partial charge in [0.05, 0.1) is 19.6 Å². The van der Waals surface area contributed by atoms with Crippen LogP contribution in [0.3, 0.4) is 0 Å². The Morgan fingerprint density at radius 3 is 1.39 bits per heavy atom. The van der Waals surface area contributed by atoms with Crippen molar-refractivity contribution in [2.24, 2.45) is 0 Å². The van der Waals surface area contributed by atoms with E-state index in [0.717, 1.165) is 0 Å². The molecule has 1 aliphatic heterocycles. The van der Waals surface area contributed by atoms with E-state index >= 15 is 0 Å². The van der Waals surface area contributed by atoms with Crippen LogP contribution < -0.4 is 0 Å². The quantitative estimate of drug-likeness (QED) is 0.686. The molecule has 0 radical (unpaired) electrons. The number of sulfone groups is 1. The fourth-order valence-electron chi connectivity index (χ4n) is 2.06. The maximum atomic E-state index is 12.5. The molecule has 0 saturated heterocycles. The van der Waals surface area contributed by atoms with E-state index in [1.54, 1.807) is 24.3 Å². The summed E-state index contributed by atoms with van der Waals surface area (Å²) in [7, 11) is -6.92. The zero-order chi connectivity index (χ0) is 13.0. The molecule has 18 heavy (non-hydrogen) atoms. The summed E-state index contributed by atoms with van der Waals surface area (Å²) in [5.41, 5.74) is 0. The van der Waals surface area contributed by atoms with Crippen molar-refractivity contribution in [3.63, 3.8) is 0 Å². The molecule has 0 saturated carbocycles. The van der Waals surface area contributed by atoms with Gasteiger partial charge in [0.25, 0.3) is 0 Å². The first-order valence-electron chi connectivity index (χ1n) is 5.18. The van der Waals surface area contributed by atoms with Gasteiger partial charge in [0.15, 0.2) is 0 Å². The van der Waals surface area contributed by atoms with E-state index in [1.807, 2.05) is 0 Å². The van der Waals surface area contributed by atoms with Crippen molar-refractivity contribution in [2.75, 3.05) is 0 Å². The molecule has 92 valence electrons. The lowest BCUT2D eigenvalue weighted by atomic mass is 10.3. The Morgan fingerprint density at radius 1 is 0.667 bits per heavy atom. The predicted molar refractivity (Wildman–Crippen MR) is 65.7 cm³/mol. The van der Waals surface area contributed by atoms with Gasteiger partial charge in [0.1, 0.15) is 9.73 Å². The zero-order valence-corrected chi connectivity index (χ0v) is 10.8. The minimum Gasteiger partial charge on any atom is -0.245 e. The normalized spacial score (nSPS) is 18.7. The number of hydrogen-bond donors (Lipinski definition) is 1. The van der Waals surface area contributed by atoms with Gasteiger partial charge in [0, 0.05) is 0 Å². The van der Waals surface area contributed by atoms with Gasteiger partial charge in [-0.1, -0.05) is 24.3 Å². The molecule has 2 aromatic rings. The maximum Gasteiger partial charge on any atom is 0.209 e. The van der Waals surface area contributed by atoms with Gasteiger partial charge in [-0.3, -0.25) is 0 Å². The smallest absolute Gasteiger partial charge is 0.209 e. The minimum absolute atomic E-state index is 0.0244. The van der Waals surface area contributed by atoms with E-state index in [4.69, 9.17) is 4.78 Å². The minimum atomic E-state index is -3.67. The van der Waals surface area contributed by atoms with Crippen molar-refractivity contribution in [2.45, 2.75) is 19.6 Å². The standard InChI is InChI=1S/C12H9NO3S2/c13-17(14)9-5-1-3-7-11(9)18(15,16)12-8-4-2-6-10(12)17/h1-8,13H. The molecule has 0 unspecified atom stereocenters. The molecule has 0 spiro atoms. The highest BCUT2D eigenvalue weighted by molar-refractivity contribution is 7.97. The summed E-state index contributed by atoms with van der Waals surface area (Å²) < 4.78 is 45.3. The SMILES string of the molecule is N=S1(=O)c2ccccc2S(=O)(=O)c2ccccc21. The number of fused-ring (bicyclic) bond motifs is 2. The van der Waals surface area contributed by atoms with Crippen molar-refractivity contribution >= 4 is 19.6 Å². The van der Waals surface area contributed by atoms with Crippen LogP contribution in [0.5, 0.6) is 0 Å². The third-order valence-electron chi connectivity index (χ3n) is 2.90. The summed E-state index contributed by atoms with van der Waals surface area (Å²) in [4.78, 5) is 0.0970.